The second-order valence-corrected chi connectivity index (χ2v) is 20.3. The molecule has 8 aromatic rings. The lowest BCUT2D eigenvalue weighted by Gasteiger charge is -2.28. The quantitative estimate of drug-likeness (QED) is 0.166. The van der Waals surface area contributed by atoms with Crippen LogP contribution in [-0.4, -0.2) is 19.6 Å². The summed E-state index contributed by atoms with van der Waals surface area (Å²) in [5, 5.41) is 12.7. The Morgan fingerprint density at radius 1 is 0.585 bits per heavy atom. The van der Waals surface area contributed by atoms with Gasteiger partial charge in [-0.05, 0) is 134 Å². The fraction of sp³-hybridized carbons (Fsp3) is 0.311. The number of nitrogens with zero attached hydrogens (tertiary/aromatic N) is 3. The first kappa shape index (κ1) is 34.1. The van der Waals surface area contributed by atoms with Gasteiger partial charge in [-0.25, -0.2) is 4.98 Å². The van der Waals surface area contributed by atoms with Crippen molar-refractivity contribution in [2.75, 3.05) is 0 Å². The topological polar surface area (TPSA) is 50.9 Å². The van der Waals surface area contributed by atoms with Crippen LogP contribution in [0.2, 0.25) is 0 Å². The maximum atomic E-state index is 12.7. The Kier molecular flexibility index (Phi) is 8.90. The monoisotopic (exact) mass is 868 g/mol. The number of phenols is 1. The van der Waals surface area contributed by atoms with E-state index in [0.29, 0.717) is 33.7 Å². The zero-order valence-electron chi connectivity index (χ0n) is 49.6. The van der Waals surface area contributed by atoms with Gasteiger partial charge in [0.25, 0.3) is 0 Å². The average molecular weight is 868 g/mol. The van der Waals surface area contributed by atoms with Gasteiger partial charge in [0.2, 0.25) is 0 Å². The fourth-order valence-corrected chi connectivity index (χ4v) is 8.73. The number of rotatable bonds is 8. The zero-order chi connectivity index (χ0) is 55.1. The molecule has 0 atom stereocenters. The molecule has 0 fully saturated rings. The van der Waals surface area contributed by atoms with Crippen molar-refractivity contribution in [1.29, 1.82) is 0 Å². The second kappa shape index (κ2) is 16.9. The van der Waals surface area contributed by atoms with Crippen LogP contribution < -0.4 is 0 Å². The molecule has 0 radical (unpaired) electrons. The first-order chi connectivity index (χ1) is 34.8. The fourth-order valence-electron chi connectivity index (χ4n) is 8.73. The molecular formula is C61H67N3O. The van der Waals surface area contributed by atoms with Crippen LogP contribution in [0.1, 0.15) is 149 Å². The summed E-state index contributed by atoms with van der Waals surface area (Å²) in [6.45, 7) is 12.1. The first-order valence-corrected chi connectivity index (χ1v) is 22.6. The highest BCUT2D eigenvalue weighted by Gasteiger charge is 2.31. The molecule has 2 heterocycles. The summed E-state index contributed by atoms with van der Waals surface area (Å²) in [6, 6.07) is 37.9. The van der Waals surface area contributed by atoms with Gasteiger partial charge in [-0.15, -0.1) is 0 Å². The van der Waals surface area contributed by atoms with Gasteiger partial charge in [-0.1, -0.05) is 174 Å². The zero-order valence-corrected chi connectivity index (χ0v) is 39.6. The van der Waals surface area contributed by atoms with Gasteiger partial charge >= 0.3 is 0 Å². The van der Waals surface area contributed by atoms with Crippen molar-refractivity contribution in [2.24, 2.45) is 0 Å². The van der Waals surface area contributed by atoms with Gasteiger partial charge in [0.05, 0.1) is 29.3 Å². The number of pyridine rings is 1. The highest BCUT2D eigenvalue weighted by atomic mass is 16.3. The summed E-state index contributed by atoms with van der Waals surface area (Å²) in [6.07, 6.45) is 1.59. The number of hydrogen-bond donors (Lipinski definition) is 1. The molecule has 6 aromatic carbocycles. The van der Waals surface area contributed by atoms with E-state index in [4.69, 9.17) is 22.3 Å². The molecule has 0 unspecified atom stereocenters. The predicted molar refractivity (Wildman–Crippen MR) is 277 cm³/mol. The minimum absolute atomic E-state index is 0.0238. The van der Waals surface area contributed by atoms with E-state index in [1.165, 1.54) is 6.07 Å². The molecule has 0 saturated heterocycles. The number of para-hydroxylation sites is 1. The van der Waals surface area contributed by atoms with Crippen LogP contribution in [0.3, 0.4) is 0 Å². The highest BCUT2D eigenvalue weighted by molar-refractivity contribution is 5.97. The number of hydrogen-bond acceptors (Lipinski definition) is 3. The lowest BCUT2D eigenvalue weighted by Crippen LogP contribution is -2.17. The van der Waals surface area contributed by atoms with E-state index < -0.39 is 43.0 Å². The van der Waals surface area contributed by atoms with E-state index in [9.17, 15) is 6.48 Å². The molecule has 0 bridgehead atoms. The molecule has 2 aromatic heterocycles. The average Bonchev–Trinajstić information content (AvgIpc) is 3.70. The van der Waals surface area contributed by atoms with Crippen LogP contribution in [-0.2, 0) is 16.2 Å². The standard InChI is InChI=1S/C61H67N3O/c1-37(2)49-32-43(40-19-16-15-17-20-40)33-50(38(3)4)56(49)64-54-22-18-21-48(55(54)63-58(64)51-35-47(60(9,10)11)36-52(57(51)65)61(12,13)14)44-29-45(31-46(30-44)59(6,7)8)53-34-42(27-28-62-53)41-25-23-39(5)24-26-41/h15-38,65H,1-14H3/i6D3,7D3,8D3,30D. The Labute approximate surface area is 402 Å². The summed E-state index contributed by atoms with van der Waals surface area (Å²) in [5.74, 6) is 0.406. The van der Waals surface area contributed by atoms with Crippen molar-refractivity contribution in [3.63, 3.8) is 0 Å². The van der Waals surface area contributed by atoms with Crippen molar-refractivity contribution in [3.05, 3.63) is 167 Å². The molecule has 4 heteroatoms. The summed E-state index contributed by atoms with van der Waals surface area (Å²) in [7, 11) is 0. The molecule has 8 rings (SSSR count). The normalized spacial score (nSPS) is 15.3. The third-order valence-electron chi connectivity index (χ3n) is 12.5. The molecule has 4 nitrogen and oxygen atoms in total. The number of aromatic nitrogens is 3. The van der Waals surface area contributed by atoms with Crippen LogP contribution in [0.4, 0.5) is 0 Å². The maximum Gasteiger partial charge on any atom is 0.149 e. The van der Waals surface area contributed by atoms with Gasteiger partial charge in [0.1, 0.15) is 11.6 Å². The van der Waals surface area contributed by atoms with Gasteiger partial charge < -0.3 is 5.11 Å². The molecule has 0 saturated carbocycles. The van der Waals surface area contributed by atoms with Crippen molar-refractivity contribution in [3.8, 4) is 67.5 Å². The highest BCUT2D eigenvalue weighted by Crippen LogP contribution is 2.47. The second-order valence-electron chi connectivity index (χ2n) is 20.3. The summed E-state index contributed by atoms with van der Waals surface area (Å²) < 4.78 is 91.8. The molecule has 0 amide bonds. The van der Waals surface area contributed by atoms with Crippen LogP contribution >= 0.6 is 0 Å². The Morgan fingerprint density at radius 2 is 1.25 bits per heavy atom. The smallest absolute Gasteiger partial charge is 0.149 e. The van der Waals surface area contributed by atoms with Crippen molar-refractivity contribution >= 4 is 11.0 Å². The van der Waals surface area contributed by atoms with Crippen LogP contribution in [0.25, 0.3) is 72.7 Å². The largest absolute Gasteiger partial charge is 0.507 e. The third-order valence-corrected chi connectivity index (χ3v) is 12.5. The van der Waals surface area contributed by atoms with E-state index in [-0.39, 0.29) is 34.1 Å². The minimum atomic E-state index is -3.67. The van der Waals surface area contributed by atoms with E-state index >= 15 is 0 Å². The van der Waals surface area contributed by atoms with Crippen molar-refractivity contribution in [1.82, 2.24) is 14.5 Å². The Bertz CT molecular complexity index is 3380. The number of benzene rings is 6. The predicted octanol–water partition coefficient (Wildman–Crippen LogP) is 16.9. The third kappa shape index (κ3) is 8.93. The SMILES string of the molecule is [2H]c1c(-c2cccc3c2nc(-c2cc(C(C)(C)C)cc(C(C)(C)C)c2O)n3-c2c(C(C)C)cc(-c3ccccc3)cc2C(C)C)cc(-c2cc(-c3ccc(C)cc3)ccn2)cc1C(C([2H])([2H])[2H])(C([2H])([2H])[2H])C([2H])([2H])[2H]. The Balaban J connectivity index is 1.58. The maximum absolute atomic E-state index is 12.7. The number of aromatic hydroxyl groups is 1. The molecule has 0 spiro atoms. The molecule has 0 aliphatic heterocycles. The number of aryl methyl sites for hydroxylation is 1. The lowest BCUT2D eigenvalue weighted by atomic mass is 9.78. The van der Waals surface area contributed by atoms with E-state index in [1.54, 1.807) is 30.5 Å². The first-order valence-electron chi connectivity index (χ1n) is 27.6. The number of phenolic OH excluding ortho intramolecular Hbond substituents is 1. The molecule has 0 aliphatic rings. The summed E-state index contributed by atoms with van der Waals surface area (Å²) in [5.41, 5.74) is 6.49. The molecular weight excluding hydrogens is 791 g/mol. The minimum Gasteiger partial charge on any atom is -0.507 e. The number of imidazole rings is 1. The van der Waals surface area contributed by atoms with Gasteiger partial charge in [-0.2, -0.15) is 0 Å². The molecule has 0 aliphatic carbocycles. The number of fused-ring (bicyclic) bond motifs is 1. The van der Waals surface area contributed by atoms with Crippen molar-refractivity contribution < 1.29 is 18.8 Å². The van der Waals surface area contributed by atoms with E-state index in [2.05, 4.69) is 104 Å². The molecule has 332 valence electrons. The van der Waals surface area contributed by atoms with Crippen molar-refractivity contribution in [2.45, 2.75) is 125 Å². The molecule has 65 heavy (non-hydrogen) atoms. The van der Waals surface area contributed by atoms with E-state index in [0.717, 1.165) is 55.8 Å². The van der Waals surface area contributed by atoms with Gasteiger partial charge in [0.15, 0.2) is 0 Å². The van der Waals surface area contributed by atoms with Gasteiger partial charge in [-0.3, -0.25) is 9.55 Å². The van der Waals surface area contributed by atoms with Crippen LogP contribution in [0, 0.1) is 6.92 Å². The molecule has 1 N–H and O–H groups in total. The summed E-state index contributed by atoms with van der Waals surface area (Å²) in [4.78, 5) is 10.2. The Hall–Kier alpha value is -6.26. The van der Waals surface area contributed by atoms with Gasteiger partial charge in [0, 0.05) is 35.2 Å². The lowest BCUT2D eigenvalue weighted by molar-refractivity contribution is 0.446. The van der Waals surface area contributed by atoms with Crippen LogP contribution in [0.15, 0.2) is 134 Å². The Morgan fingerprint density at radius 3 is 1.86 bits per heavy atom. The van der Waals surface area contributed by atoms with Crippen LogP contribution in [0.5, 0.6) is 5.75 Å². The summed E-state index contributed by atoms with van der Waals surface area (Å²) >= 11 is 0. The van der Waals surface area contributed by atoms with E-state index in [1.807, 2.05) is 67.6 Å².